The summed E-state index contributed by atoms with van der Waals surface area (Å²) >= 11 is 0. The molecule has 0 saturated carbocycles. The first-order valence-electron chi connectivity index (χ1n) is 4.77. The van der Waals surface area contributed by atoms with Crippen molar-refractivity contribution in [3.8, 4) is 0 Å². The number of hydrogen-bond donors (Lipinski definition) is 0. The van der Waals surface area contributed by atoms with E-state index in [1.165, 1.54) is 0 Å². The van der Waals surface area contributed by atoms with Gasteiger partial charge in [-0.3, -0.25) is 0 Å². The molecule has 0 atom stereocenters. The van der Waals surface area contributed by atoms with Gasteiger partial charge in [0.2, 0.25) is 0 Å². The van der Waals surface area contributed by atoms with Gasteiger partial charge in [0.15, 0.2) is 0 Å². The third-order valence-electron chi connectivity index (χ3n) is 2.07. The van der Waals surface area contributed by atoms with Crippen molar-refractivity contribution < 1.29 is 9.59 Å². The molecule has 1 aromatic rings. The first-order valence-corrected chi connectivity index (χ1v) is 4.77. The standard InChI is InChI=1S/C10H9N3O5/c1-2-3-11-8(16)12(4-6-14)10(18)13(5-7-15)9(11)17/h3,6-7H,1,4-5H2. The van der Waals surface area contributed by atoms with E-state index in [1.807, 2.05) is 0 Å². The molecule has 0 aliphatic rings. The van der Waals surface area contributed by atoms with E-state index in [9.17, 15) is 24.0 Å². The van der Waals surface area contributed by atoms with Crippen molar-refractivity contribution >= 4 is 18.8 Å². The van der Waals surface area contributed by atoms with Crippen LogP contribution >= 0.6 is 0 Å². The summed E-state index contributed by atoms with van der Waals surface area (Å²) in [5.74, 6) is 0. The smallest absolute Gasteiger partial charge is 0.301 e. The van der Waals surface area contributed by atoms with Gasteiger partial charge in [-0.05, 0) is 0 Å². The van der Waals surface area contributed by atoms with Gasteiger partial charge in [-0.25, -0.2) is 28.1 Å². The Balaban J connectivity index is 3.86. The summed E-state index contributed by atoms with van der Waals surface area (Å²) in [4.78, 5) is 55.9. The van der Waals surface area contributed by atoms with E-state index < -0.39 is 30.2 Å². The maximum Gasteiger partial charge on any atom is 0.341 e. The molecule has 0 unspecified atom stereocenters. The van der Waals surface area contributed by atoms with Crippen molar-refractivity contribution in [1.82, 2.24) is 13.7 Å². The zero-order valence-electron chi connectivity index (χ0n) is 9.24. The Kier molecular flexibility index (Phi) is 4.11. The normalized spacial score (nSPS) is 9.56. The second kappa shape index (κ2) is 5.55. The number of hydrogen-bond acceptors (Lipinski definition) is 5. The molecule has 0 spiro atoms. The topological polar surface area (TPSA) is 100 Å². The molecule has 1 heterocycles. The van der Waals surface area contributed by atoms with Crippen LogP contribution in [0.5, 0.6) is 0 Å². The lowest BCUT2D eigenvalue weighted by Crippen LogP contribution is -2.53. The Labute approximate surface area is 99.7 Å². The molecule has 0 amide bonds. The highest BCUT2D eigenvalue weighted by atomic mass is 16.2. The molecule has 8 nitrogen and oxygen atoms in total. The Morgan fingerprint density at radius 3 is 1.72 bits per heavy atom. The molecule has 18 heavy (non-hydrogen) atoms. The van der Waals surface area contributed by atoms with Crippen LogP contribution in [-0.4, -0.2) is 26.3 Å². The van der Waals surface area contributed by atoms with Crippen LogP contribution in [0.3, 0.4) is 0 Å². The average Bonchev–Trinajstić information content (AvgIpc) is 2.35. The average molecular weight is 251 g/mol. The van der Waals surface area contributed by atoms with Crippen LogP contribution in [0.4, 0.5) is 0 Å². The quantitative estimate of drug-likeness (QED) is 0.437. The van der Waals surface area contributed by atoms with E-state index in [1.54, 1.807) is 0 Å². The van der Waals surface area contributed by atoms with Gasteiger partial charge in [0.1, 0.15) is 12.6 Å². The molecule has 0 aliphatic carbocycles. The second-order valence-corrected chi connectivity index (χ2v) is 3.11. The number of aldehydes is 2. The minimum absolute atomic E-state index is 0.334. The molecular formula is C10H9N3O5. The van der Waals surface area contributed by atoms with Crippen molar-refractivity contribution in [1.29, 1.82) is 0 Å². The Morgan fingerprint density at radius 1 is 0.944 bits per heavy atom. The second-order valence-electron chi connectivity index (χ2n) is 3.11. The highest BCUT2D eigenvalue weighted by Gasteiger charge is 2.13. The summed E-state index contributed by atoms with van der Waals surface area (Å²) in [6.45, 7) is 2.17. The van der Waals surface area contributed by atoms with Gasteiger partial charge >= 0.3 is 17.1 Å². The van der Waals surface area contributed by atoms with Gasteiger partial charge < -0.3 is 9.59 Å². The first kappa shape index (κ1) is 13.3. The van der Waals surface area contributed by atoms with E-state index in [0.29, 0.717) is 26.3 Å². The van der Waals surface area contributed by atoms with Gasteiger partial charge in [0.25, 0.3) is 0 Å². The van der Waals surface area contributed by atoms with Gasteiger partial charge in [-0.1, -0.05) is 6.58 Å². The first-order chi connectivity index (χ1) is 8.58. The number of rotatable bonds is 5. The van der Waals surface area contributed by atoms with Crippen LogP contribution in [0.1, 0.15) is 0 Å². The van der Waals surface area contributed by atoms with Gasteiger partial charge in [-0.2, -0.15) is 0 Å². The minimum Gasteiger partial charge on any atom is -0.301 e. The number of carbonyl (C=O) groups is 2. The zero-order chi connectivity index (χ0) is 13.7. The number of carbonyl (C=O) groups excluding carboxylic acids is 2. The SMILES string of the molecule is C=C=Cn1c(=O)n(CC=O)c(=O)n(CC=O)c1=O. The molecule has 0 N–H and O–H groups in total. The van der Waals surface area contributed by atoms with Crippen molar-refractivity contribution in [2.75, 3.05) is 0 Å². The van der Waals surface area contributed by atoms with Crippen LogP contribution in [-0.2, 0) is 22.7 Å². The number of aromatic nitrogens is 3. The molecule has 0 saturated heterocycles. The lowest BCUT2D eigenvalue weighted by Gasteiger charge is -2.07. The van der Waals surface area contributed by atoms with E-state index in [4.69, 9.17) is 0 Å². The van der Waals surface area contributed by atoms with Crippen molar-refractivity contribution in [2.24, 2.45) is 0 Å². The summed E-state index contributed by atoms with van der Waals surface area (Å²) in [6, 6.07) is 0. The Morgan fingerprint density at radius 2 is 1.39 bits per heavy atom. The van der Waals surface area contributed by atoms with Crippen molar-refractivity contribution in [3.63, 3.8) is 0 Å². The molecule has 0 radical (unpaired) electrons. The summed E-state index contributed by atoms with van der Waals surface area (Å²) in [5, 5.41) is 0. The van der Waals surface area contributed by atoms with Crippen LogP contribution < -0.4 is 17.1 Å². The van der Waals surface area contributed by atoms with E-state index in [0.717, 1.165) is 6.20 Å². The lowest BCUT2D eigenvalue weighted by atomic mass is 10.6. The molecule has 0 aliphatic heterocycles. The summed E-state index contributed by atoms with van der Waals surface area (Å²) in [6.07, 6.45) is 1.59. The predicted molar refractivity (Wildman–Crippen MR) is 61.2 cm³/mol. The molecule has 8 heteroatoms. The molecule has 1 aromatic heterocycles. The monoisotopic (exact) mass is 251 g/mol. The molecule has 94 valence electrons. The van der Waals surface area contributed by atoms with Gasteiger partial charge in [0, 0.05) is 0 Å². The summed E-state index contributed by atoms with van der Waals surface area (Å²) in [5.41, 5.74) is -0.790. The molecule has 0 bridgehead atoms. The van der Waals surface area contributed by atoms with Crippen LogP contribution in [0.15, 0.2) is 26.7 Å². The third kappa shape index (κ3) is 2.18. The van der Waals surface area contributed by atoms with E-state index in [-0.39, 0.29) is 0 Å². The largest absolute Gasteiger partial charge is 0.341 e. The molecule has 0 fully saturated rings. The lowest BCUT2D eigenvalue weighted by molar-refractivity contribution is -0.108. The van der Waals surface area contributed by atoms with Gasteiger partial charge in [0.05, 0.1) is 19.3 Å². The van der Waals surface area contributed by atoms with Crippen LogP contribution in [0.2, 0.25) is 0 Å². The minimum atomic E-state index is -1.02. The fraction of sp³-hybridized carbons (Fsp3) is 0.200. The van der Waals surface area contributed by atoms with E-state index in [2.05, 4.69) is 12.3 Å². The Hall–Kier alpha value is -2.73. The fourth-order valence-electron chi connectivity index (χ4n) is 1.31. The predicted octanol–water partition coefficient (Wildman–Crippen LogP) is -2.17. The maximum atomic E-state index is 11.7. The van der Waals surface area contributed by atoms with Crippen molar-refractivity contribution in [3.05, 3.63) is 43.8 Å². The maximum absolute atomic E-state index is 11.7. The highest BCUT2D eigenvalue weighted by molar-refractivity contribution is 5.49. The van der Waals surface area contributed by atoms with Crippen molar-refractivity contribution in [2.45, 2.75) is 13.1 Å². The highest BCUT2D eigenvalue weighted by Crippen LogP contribution is 1.75. The third-order valence-corrected chi connectivity index (χ3v) is 2.07. The van der Waals surface area contributed by atoms with Crippen LogP contribution in [0, 0.1) is 0 Å². The molecule has 0 aromatic carbocycles. The summed E-state index contributed by atoms with van der Waals surface area (Å²) < 4.78 is 1.61. The molecular weight excluding hydrogens is 242 g/mol. The van der Waals surface area contributed by atoms with E-state index >= 15 is 0 Å². The number of nitrogens with zero attached hydrogens (tertiary/aromatic N) is 3. The van der Waals surface area contributed by atoms with Crippen LogP contribution in [0.25, 0.3) is 6.20 Å². The fourth-order valence-corrected chi connectivity index (χ4v) is 1.31. The molecule has 1 rings (SSSR count). The zero-order valence-corrected chi connectivity index (χ0v) is 9.24. The Bertz CT molecular complexity index is 651. The summed E-state index contributed by atoms with van der Waals surface area (Å²) in [7, 11) is 0. The van der Waals surface area contributed by atoms with Gasteiger partial charge in [-0.15, -0.1) is 5.73 Å².